The van der Waals surface area contributed by atoms with Crippen LogP contribution in [-0.2, 0) is 6.54 Å². The van der Waals surface area contributed by atoms with Crippen molar-refractivity contribution >= 4 is 11.8 Å². The molecule has 0 fully saturated rings. The Labute approximate surface area is 134 Å². The summed E-state index contributed by atoms with van der Waals surface area (Å²) < 4.78 is 7.12. The summed E-state index contributed by atoms with van der Waals surface area (Å²) in [6, 6.07) is 10.7. The number of hydrogen-bond acceptors (Lipinski definition) is 3. The summed E-state index contributed by atoms with van der Waals surface area (Å²) in [5.74, 6) is 0.296. The number of para-hydroxylation sites is 1. The molecule has 1 atom stereocenters. The smallest absolute Gasteiger partial charge is 0.270 e. The molecule has 0 aliphatic carbocycles. The zero-order chi connectivity index (χ0) is 16.4. The summed E-state index contributed by atoms with van der Waals surface area (Å²) in [6.45, 7) is 1.05. The summed E-state index contributed by atoms with van der Waals surface area (Å²) >= 11 is 0. The van der Waals surface area contributed by atoms with Crippen LogP contribution >= 0.6 is 0 Å². The van der Waals surface area contributed by atoms with Gasteiger partial charge in [0.25, 0.3) is 11.8 Å². The van der Waals surface area contributed by atoms with Crippen molar-refractivity contribution in [3.8, 4) is 5.75 Å². The molecule has 1 aliphatic heterocycles. The Morgan fingerprint density at radius 3 is 2.87 bits per heavy atom. The number of carbonyl (C=O) groups is 2. The van der Waals surface area contributed by atoms with Crippen molar-refractivity contribution in [1.82, 2.24) is 14.8 Å². The number of likely N-dealkylation sites (N-methyl/N-ethyl adjacent to an activating group) is 1. The van der Waals surface area contributed by atoms with Crippen LogP contribution in [0.15, 0.2) is 42.6 Å². The van der Waals surface area contributed by atoms with Gasteiger partial charge >= 0.3 is 0 Å². The summed E-state index contributed by atoms with van der Waals surface area (Å²) in [5.41, 5.74) is 1.17. The maximum atomic E-state index is 12.3. The number of hydrogen-bond donors (Lipinski definition) is 1. The highest BCUT2D eigenvalue weighted by atomic mass is 16.5. The number of carbonyl (C=O) groups excluding carboxylic acids is 2. The lowest BCUT2D eigenvalue weighted by molar-refractivity contribution is 0.0645. The third kappa shape index (κ3) is 2.79. The molecule has 0 saturated heterocycles. The number of aromatic nitrogens is 1. The van der Waals surface area contributed by atoms with Gasteiger partial charge in [0.2, 0.25) is 0 Å². The van der Waals surface area contributed by atoms with Gasteiger partial charge in [-0.2, -0.15) is 0 Å². The van der Waals surface area contributed by atoms with Crippen LogP contribution in [0.2, 0.25) is 0 Å². The fourth-order valence-corrected chi connectivity index (χ4v) is 2.80. The predicted molar refractivity (Wildman–Crippen MR) is 85.6 cm³/mol. The first kappa shape index (κ1) is 15.1. The van der Waals surface area contributed by atoms with Crippen LogP contribution in [0, 0.1) is 0 Å². The van der Waals surface area contributed by atoms with Crippen LogP contribution < -0.4 is 10.1 Å². The number of benzene rings is 1. The average Bonchev–Trinajstić information content (AvgIpc) is 3.05. The highest BCUT2D eigenvalue weighted by Crippen LogP contribution is 2.18. The normalized spacial score (nSPS) is 16.9. The van der Waals surface area contributed by atoms with Crippen molar-refractivity contribution in [1.29, 1.82) is 0 Å². The molecule has 0 radical (unpaired) electrons. The second-order valence-corrected chi connectivity index (χ2v) is 5.53. The van der Waals surface area contributed by atoms with Crippen LogP contribution in [-0.4, -0.2) is 48.0 Å². The summed E-state index contributed by atoms with van der Waals surface area (Å²) in [6.07, 6.45) is 1.88. The van der Waals surface area contributed by atoms with Crippen LogP contribution in [0.3, 0.4) is 0 Å². The Balaban J connectivity index is 1.69. The van der Waals surface area contributed by atoms with Crippen LogP contribution in [0.1, 0.15) is 20.8 Å². The van der Waals surface area contributed by atoms with Crippen molar-refractivity contribution < 1.29 is 14.3 Å². The van der Waals surface area contributed by atoms with Crippen LogP contribution in [0.25, 0.3) is 0 Å². The number of methoxy groups -OCH3 is 1. The first-order chi connectivity index (χ1) is 11.1. The second-order valence-electron chi connectivity index (χ2n) is 5.53. The first-order valence-electron chi connectivity index (χ1n) is 7.45. The molecule has 23 heavy (non-hydrogen) atoms. The lowest BCUT2D eigenvalue weighted by Crippen LogP contribution is -2.50. The molecular weight excluding hydrogens is 294 g/mol. The molecule has 1 aromatic heterocycles. The van der Waals surface area contributed by atoms with Crippen molar-refractivity contribution in [3.63, 3.8) is 0 Å². The molecule has 1 N–H and O–H groups in total. The Bertz CT molecular complexity index is 738. The second kappa shape index (κ2) is 6.16. The van der Waals surface area contributed by atoms with Gasteiger partial charge in [0.1, 0.15) is 11.4 Å². The molecule has 1 aliphatic rings. The number of rotatable bonds is 4. The standard InChI is InChI=1S/C17H19N3O3/c1-19-12(11-20-9-5-7-14(20)17(19)22)10-18-16(21)13-6-3-4-8-15(13)23-2/h3-9,12H,10-11H2,1-2H3,(H,18,21). The molecule has 1 unspecified atom stereocenters. The van der Waals surface area contributed by atoms with E-state index >= 15 is 0 Å². The van der Waals surface area contributed by atoms with E-state index in [9.17, 15) is 9.59 Å². The van der Waals surface area contributed by atoms with E-state index in [1.807, 2.05) is 29.0 Å². The van der Waals surface area contributed by atoms with E-state index in [-0.39, 0.29) is 17.9 Å². The van der Waals surface area contributed by atoms with Gasteiger partial charge in [0.05, 0.1) is 18.7 Å². The molecule has 6 heteroatoms. The minimum absolute atomic E-state index is 0.0298. The Morgan fingerprint density at radius 2 is 2.09 bits per heavy atom. The monoisotopic (exact) mass is 313 g/mol. The maximum absolute atomic E-state index is 12.3. The molecule has 2 amide bonds. The first-order valence-corrected chi connectivity index (χ1v) is 7.45. The van der Waals surface area contributed by atoms with Crippen LogP contribution in [0.5, 0.6) is 5.75 Å². The molecule has 0 bridgehead atoms. The fraction of sp³-hybridized carbons (Fsp3) is 0.294. The number of fused-ring (bicyclic) bond motifs is 1. The zero-order valence-corrected chi connectivity index (χ0v) is 13.2. The highest BCUT2D eigenvalue weighted by Gasteiger charge is 2.29. The fourth-order valence-electron chi connectivity index (χ4n) is 2.80. The molecule has 3 rings (SSSR count). The third-order valence-corrected chi connectivity index (χ3v) is 4.17. The van der Waals surface area contributed by atoms with Gasteiger partial charge in [0.15, 0.2) is 0 Å². The lowest BCUT2D eigenvalue weighted by atomic mass is 10.1. The lowest BCUT2D eigenvalue weighted by Gasteiger charge is -2.33. The molecule has 2 aromatic rings. The quantitative estimate of drug-likeness (QED) is 0.927. The van der Waals surface area contributed by atoms with Crippen molar-refractivity contribution in [2.45, 2.75) is 12.6 Å². The molecule has 1 aromatic carbocycles. The molecule has 120 valence electrons. The number of ether oxygens (including phenoxy) is 1. The van der Waals surface area contributed by atoms with E-state index in [0.717, 1.165) is 0 Å². The van der Waals surface area contributed by atoms with Gasteiger partial charge in [-0.3, -0.25) is 9.59 Å². The van der Waals surface area contributed by atoms with Crippen molar-refractivity contribution in [3.05, 3.63) is 53.9 Å². The van der Waals surface area contributed by atoms with E-state index < -0.39 is 0 Å². The van der Waals surface area contributed by atoms with Gasteiger partial charge in [0, 0.05) is 26.3 Å². The summed E-state index contributed by atoms with van der Waals surface area (Å²) in [7, 11) is 3.30. The Kier molecular flexibility index (Phi) is 4.06. The van der Waals surface area contributed by atoms with Gasteiger partial charge in [-0.1, -0.05) is 12.1 Å². The van der Waals surface area contributed by atoms with Crippen molar-refractivity contribution in [2.75, 3.05) is 20.7 Å². The molecule has 2 heterocycles. The SMILES string of the molecule is COc1ccccc1C(=O)NCC1Cn2cccc2C(=O)N1C. The maximum Gasteiger partial charge on any atom is 0.270 e. The minimum atomic E-state index is -0.207. The van der Waals surface area contributed by atoms with Gasteiger partial charge < -0.3 is 19.5 Å². The largest absolute Gasteiger partial charge is 0.496 e. The number of nitrogens with one attached hydrogen (secondary N) is 1. The molecular formula is C17H19N3O3. The predicted octanol–water partition coefficient (Wildman–Crippen LogP) is 1.38. The van der Waals surface area contributed by atoms with Gasteiger partial charge in [-0.15, -0.1) is 0 Å². The third-order valence-electron chi connectivity index (χ3n) is 4.17. The van der Waals surface area contributed by atoms with E-state index in [4.69, 9.17) is 4.74 Å². The number of nitrogens with zero attached hydrogens (tertiary/aromatic N) is 2. The number of amides is 2. The van der Waals surface area contributed by atoms with Gasteiger partial charge in [-0.05, 0) is 24.3 Å². The van der Waals surface area contributed by atoms with E-state index in [0.29, 0.717) is 30.1 Å². The Hall–Kier alpha value is -2.76. The summed E-state index contributed by atoms with van der Waals surface area (Å²) in [5, 5.41) is 2.89. The van der Waals surface area contributed by atoms with E-state index in [1.54, 1.807) is 30.1 Å². The Morgan fingerprint density at radius 1 is 1.30 bits per heavy atom. The molecule has 0 spiro atoms. The van der Waals surface area contributed by atoms with E-state index in [1.165, 1.54) is 7.11 Å². The highest BCUT2D eigenvalue weighted by molar-refractivity contribution is 5.97. The van der Waals surface area contributed by atoms with Gasteiger partial charge in [-0.25, -0.2) is 0 Å². The topological polar surface area (TPSA) is 63.6 Å². The minimum Gasteiger partial charge on any atom is -0.496 e. The van der Waals surface area contributed by atoms with Crippen LogP contribution in [0.4, 0.5) is 0 Å². The van der Waals surface area contributed by atoms with E-state index in [2.05, 4.69) is 5.32 Å². The zero-order valence-electron chi connectivity index (χ0n) is 13.2. The molecule has 6 nitrogen and oxygen atoms in total. The molecule has 0 saturated carbocycles. The summed E-state index contributed by atoms with van der Waals surface area (Å²) in [4.78, 5) is 26.3. The van der Waals surface area contributed by atoms with Crippen molar-refractivity contribution in [2.24, 2.45) is 0 Å². The average molecular weight is 313 g/mol.